The van der Waals surface area contributed by atoms with Gasteiger partial charge in [0.1, 0.15) is 0 Å². The first-order chi connectivity index (χ1) is 16.4. The Labute approximate surface area is 195 Å². The first-order valence-corrected chi connectivity index (χ1v) is 10.6. The van der Waals surface area contributed by atoms with Crippen LogP contribution in [0.4, 0.5) is 17.1 Å². The van der Waals surface area contributed by atoms with Gasteiger partial charge in [0.05, 0.1) is 17.1 Å². The summed E-state index contributed by atoms with van der Waals surface area (Å²) in [4.78, 5) is 50.0. The van der Waals surface area contributed by atoms with Crippen molar-refractivity contribution in [3.8, 4) is 0 Å². The lowest BCUT2D eigenvalue weighted by atomic mass is 10.1. The Bertz CT molecular complexity index is 1290. The Morgan fingerprint density at radius 2 is 1.71 bits per heavy atom. The minimum absolute atomic E-state index is 0.0638. The van der Waals surface area contributed by atoms with Crippen LogP contribution in [-0.2, 0) is 11.2 Å². The second-order valence-corrected chi connectivity index (χ2v) is 7.61. The van der Waals surface area contributed by atoms with Crippen LogP contribution in [0.15, 0.2) is 66.7 Å². The molecule has 34 heavy (non-hydrogen) atoms. The number of carbonyl (C=O) groups is 3. The lowest BCUT2D eigenvalue weighted by molar-refractivity contribution is -0.384. The van der Waals surface area contributed by atoms with Crippen molar-refractivity contribution in [3.63, 3.8) is 0 Å². The Morgan fingerprint density at radius 1 is 1.00 bits per heavy atom. The van der Waals surface area contributed by atoms with Crippen LogP contribution in [0.2, 0.25) is 0 Å². The molecule has 0 aromatic heterocycles. The minimum atomic E-state index is -0.758. The molecule has 0 saturated heterocycles. The number of non-ortho nitro benzene ring substituents is 1. The molecule has 3 aromatic carbocycles. The van der Waals surface area contributed by atoms with E-state index in [1.807, 2.05) is 24.3 Å². The van der Waals surface area contributed by atoms with Gasteiger partial charge in [0.2, 0.25) is 0 Å². The van der Waals surface area contributed by atoms with Crippen LogP contribution in [0.1, 0.15) is 43.6 Å². The van der Waals surface area contributed by atoms with Gasteiger partial charge in [0.25, 0.3) is 17.5 Å². The van der Waals surface area contributed by atoms with Gasteiger partial charge in [-0.15, -0.1) is 0 Å². The molecule has 0 fully saturated rings. The zero-order chi connectivity index (χ0) is 24.2. The number of rotatable bonds is 6. The lowest BCUT2D eigenvalue weighted by Gasteiger charge is -2.17. The van der Waals surface area contributed by atoms with Gasteiger partial charge in [-0.1, -0.05) is 18.2 Å². The van der Waals surface area contributed by atoms with E-state index in [-0.39, 0.29) is 23.6 Å². The number of amides is 2. The van der Waals surface area contributed by atoms with Crippen LogP contribution >= 0.6 is 0 Å². The van der Waals surface area contributed by atoms with Crippen LogP contribution in [0.3, 0.4) is 0 Å². The standard InChI is InChI=1S/C25H21N3O6/c1-2-34-25(31)19-13-18(14-21(15-19)28(32)33)23(29)26-20-9-7-17(8-10-20)24(30)27-12-11-16-5-3-4-6-22(16)27/h3-10,13-15H,2,11-12H2,1H3,(H,26,29). The van der Waals surface area contributed by atoms with Crippen molar-refractivity contribution in [2.45, 2.75) is 13.3 Å². The van der Waals surface area contributed by atoms with Gasteiger partial charge in [-0.2, -0.15) is 0 Å². The molecule has 0 unspecified atom stereocenters. The van der Waals surface area contributed by atoms with Crippen LogP contribution in [0.25, 0.3) is 0 Å². The van der Waals surface area contributed by atoms with Gasteiger partial charge in [-0.05, 0) is 55.3 Å². The summed E-state index contributed by atoms with van der Waals surface area (Å²) in [6.07, 6.45) is 0.799. The highest BCUT2D eigenvalue weighted by Gasteiger charge is 2.25. The third-order valence-corrected chi connectivity index (χ3v) is 5.42. The Balaban J connectivity index is 1.50. The Morgan fingerprint density at radius 3 is 2.41 bits per heavy atom. The van der Waals surface area contributed by atoms with E-state index < -0.39 is 22.5 Å². The Hall–Kier alpha value is -4.53. The lowest BCUT2D eigenvalue weighted by Crippen LogP contribution is -2.28. The molecule has 0 bridgehead atoms. The number of para-hydroxylation sites is 1. The van der Waals surface area contributed by atoms with E-state index >= 15 is 0 Å². The number of nitro groups is 1. The summed E-state index contributed by atoms with van der Waals surface area (Å²) in [7, 11) is 0. The van der Waals surface area contributed by atoms with Crippen molar-refractivity contribution in [1.82, 2.24) is 0 Å². The van der Waals surface area contributed by atoms with Crippen LogP contribution in [0.5, 0.6) is 0 Å². The summed E-state index contributed by atoms with van der Waals surface area (Å²) < 4.78 is 4.89. The smallest absolute Gasteiger partial charge is 0.338 e. The van der Waals surface area contributed by atoms with Crippen molar-refractivity contribution in [2.75, 3.05) is 23.4 Å². The van der Waals surface area contributed by atoms with Crippen molar-refractivity contribution in [1.29, 1.82) is 0 Å². The number of esters is 1. The van der Waals surface area contributed by atoms with E-state index in [2.05, 4.69) is 5.32 Å². The number of hydrogen-bond acceptors (Lipinski definition) is 6. The molecule has 0 atom stereocenters. The van der Waals surface area contributed by atoms with Crippen molar-refractivity contribution < 1.29 is 24.0 Å². The molecule has 1 aliphatic rings. The SMILES string of the molecule is CCOC(=O)c1cc(C(=O)Nc2ccc(C(=O)N3CCc4ccccc43)cc2)cc([N+](=O)[O-])c1. The second-order valence-electron chi connectivity index (χ2n) is 7.61. The molecule has 3 aromatic rings. The molecule has 0 aliphatic carbocycles. The maximum Gasteiger partial charge on any atom is 0.338 e. The van der Waals surface area contributed by atoms with Gasteiger partial charge in [-0.25, -0.2) is 4.79 Å². The van der Waals surface area contributed by atoms with E-state index in [0.717, 1.165) is 29.8 Å². The summed E-state index contributed by atoms with van der Waals surface area (Å²) >= 11 is 0. The molecule has 1 N–H and O–H groups in total. The quantitative estimate of drug-likeness (QED) is 0.335. The second kappa shape index (κ2) is 9.53. The largest absolute Gasteiger partial charge is 0.462 e. The predicted octanol–water partition coefficient (Wildman–Crippen LogP) is 4.23. The monoisotopic (exact) mass is 459 g/mol. The third-order valence-electron chi connectivity index (χ3n) is 5.42. The maximum atomic E-state index is 13.0. The van der Waals surface area contributed by atoms with Crippen LogP contribution in [0, 0.1) is 10.1 Å². The van der Waals surface area contributed by atoms with Gasteiger partial charge in [0.15, 0.2) is 0 Å². The maximum absolute atomic E-state index is 13.0. The number of ether oxygens (including phenoxy) is 1. The minimum Gasteiger partial charge on any atom is -0.462 e. The summed E-state index contributed by atoms with van der Waals surface area (Å²) in [5.41, 5.74) is 2.33. The van der Waals surface area contributed by atoms with Crippen LogP contribution < -0.4 is 10.2 Å². The molecule has 9 heteroatoms. The molecule has 172 valence electrons. The van der Waals surface area contributed by atoms with E-state index in [4.69, 9.17) is 4.74 Å². The highest BCUT2D eigenvalue weighted by atomic mass is 16.6. The van der Waals surface area contributed by atoms with E-state index in [1.54, 1.807) is 36.1 Å². The molecule has 0 saturated carbocycles. The van der Waals surface area contributed by atoms with Gasteiger partial charge < -0.3 is 15.0 Å². The number of fused-ring (bicyclic) bond motifs is 1. The number of nitrogens with zero attached hydrogens (tertiary/aromatic N) is 2. The fraction of sp³-hybridized carbons (Fsp3) is 0.160. The number of hydrogen-bond donors (Lipinski definition) is 1. The molecule has 2 amide bonds. The fourth-order valence-corrected chi connectivity index (χ4v) is 3.78. The summed E-state index contributed by atoms with van der Waals surface area (Å²) in [6.45, 7) is 2.31. The fourth-order valence-electron chi connectivity index (χ4n) is 3.78. The first kappa shape index (κ1) is 22.7. The zero-order valence-electron chi connectivity index (χ0n) is 18.3. The van der Waals surface area contributed by atoms with Crippen molar-refractivity contribution >= 4 is 34.8 Å². The predicted molar refractivity (Wildman–Crippen MR) is 125 cm³/mol. The molecule has 1 heterocycles. The Kier molecular flexibility index (Phi) is 6.35. The molecule has 0 spiro atoms. The molecule has 0 radical (unpaired) electrons. The molecule has 9 nitrogen and oxygen atoms in total. The average molecular weight is 459 g/mol. The van der Waals surface area contributed by atoms with Gasteiger partial charge in [-0.3, -0.25) is 19.7 Å². The first-order valence-electron chi connectivity index (χ1n) is 10.6. The van der Waals surface area contributed by atoms with Crippen molar-refractivity contribution in [3.05, 3.63) is 99.1 Å². The number of nitrogens with one attached hydrogen (secondary N) is 1. The number of anilines is 2. The topological polar surface area (TPSA) is 119 Å². The summed E-state index contributed by atoms with van der Waals surface area (Å²) in [5.74, 6) is -1.53. The molecule has 4 rings (SSSR count). The highest BCUT2D eigenvalue weighted by Crippen LogP contribution is 2.29. The average Bonchev–Trinajstić information content (AvgIpc) is 3.28. The van der Waals surface area contributed by atoms with E-state index in [1.165, 1.54) is 6.07 Å². The summed E-state index contributed by atoms with van der Waals surface area (Å²) in [5, 5.41) is 13.9. The number of benzene rings is 3. The molecule has 1 aliphatic heterocycles. The van der Waals surface area contributed by atoms with E-state index in [9.17, 15) is 24.5 Å². The van der Waals surface area contributed by atoms with Gasteiger partial charge in [0, 0.05) is 41.2 Å². The summed E-state index contributed by atoms with van der Waals surface area (Å²) in [6, 6.07) is 17.5. The van der Waals surface area contributed by atoms with Gasteiger partial charge >= 0.3 is 5.97 Å². The molecular weight excluding hydrogens is 438 g/mol. The number of nitro benzene ring substituents is 1. The normalized spacial score (nSPS) is 12.1. The third kappa shape index (κ3) is 4.63. The van der Waals surface area contributed by atoms with Crippen molar-refractivity contribution in [2.24, 2.45) is 0 Å². The van der Waals surface area contributed by atoms with Crippen LogP contribution in [-0.4, -0.2) is 35.9 Å². The highest BCUT2D eigenvalue weighted by molar-refractivity contribution is 6.08. The number of carbonyl (C=O) groups excluding carboxylic acids is 3. The molecular formula is C25H21N3O6. The zero-order valence-corrected chi connectivity index (χ0v) is 18.3. The van der Waals surface area contributed by atoms with E-state index in [0.29, 0.717) is 17.8 Å².